The Morgan fingerprint density at radius 2 is 0.549 bits per heavy atom. The molecule has 71 heavy (non-hydrogen) atoms. The van der Waals surface area contributed by atoms with Gasteiger partial charge in [0.15, 0.2) is 6.10 Å². The third kappa shape index (κ3) is 56.6. The molecule has 0 amide bonds. The molecule has 0 aromatic heterocycles. The predicted molar refractivity (Wildman–Crippen MR) is 306 cm³/mol. The van der Waals surface area contributed by atoms with Gasteiger partial charge in [-0.05, 0) is 128 Å². The van der Waals surface area contributed by atoms with Crippen LogP contribution < -0.4 is 0 Å². The molecule has 0 radical (unpaired) electrons. The lowest BCUT2D eigenvalue weighted by molar-refractivity contribution is -0.167. The maximum Gasteiger partial charge on any atom is 0.306 e. The normalized spacial score (nSPS) is 13.0. The monoisotopic (exact) mass is 983 g/mol. The molecule has 0 aliphatic heterocycles. The number of hydrogen-bond acceptors (Lipinski definition) is 6. The van der Waals surface area contributed by atoms with Gasteiger partial charge in [-0.2, -0.15) is 0 Å². The summed E-state index contributed by atoms with van der Waals surface area (Å²) in [6, 6.07) is 0. The zero-order valence-corrected chi connectivity index (χ0v) is 45.9. The number of carbonyl (C=O) groups is 3. The van der Waals surface area contributed by atoms with Gasteiger partial charge in [0, 0.05) is 19.3 Å². The minimum absolute atomic E-state index is 0.0996. The first-order valence-corrected chi connectivity index (χ1v) is 29.0. The Balaban J connectivity index is 4.47. The van der Waals surface area contributed by atoms with E-state index in [1.807, 2.05) is 0 Å². The van der Waals surface area contributed by atoms with Gasteiger partial charge < -0.3 is 14.2 Å². The molecule has 0 heterocycles. The zero-order chi connectivity index (χ0) is 51.4. The number of ether oxygens (including phenoxy) is 3. The molecule has 0 aromatic carbocycles. The van der Waals surface area contributed by atoms with Gasteiger partial charge >= 0.3 is 17.9 Å². The number of rotatable bonds is 51. The van der Waals surface area contributed by atoms with Gasteiger partial charge in [0.05, 0.1) is 0 Å². The summed E-state index contributed by atoms with van der Waals surface area (Å²) in [6.07, 6.45) is 80.4. The average molecular weight is 984 g/mol. The van der Waals surface area contributed by atoms with E-state index in [9.17, 15) is 14.4 Å². The summed E-state index contributed by atoms with van der Waals surface area (Å²) < 4.78 is 16.8. The Kier molecular flexibility index (Phi) is 54.9. The summed E-state index contributed by atoms with van der Waals surface area (Å²) >= 11 is 0. The number of hydrogen-bond donors (Lipinski definition) is 0. The van der Waals surface area contributed by atoms with Crippen molar-refractivity contribution < 1.29 is 28.6 Å². The Hall–Kier alpha value is -4.19. The van der Waals surface area contributed by atoms with Crippen LogP contribution in [0.15, 0.2) is 122 Å². The maximum absolute atomic E-state index is 12.9. The zero-order valence-electron chi connectivity index (χ0n) is 45.9. The van der Waals surface area contributed by atoms with Gasteiger partial charge in [-0.3, -0.25) is 14.4 Å². The number of unbranched alkanes of at least 4 members (excludes halogenated alkanes) is 20. The van der Waals surface area contributed by atoms with E-state index in [0.29, 0.717) is 19.3 Å². The molecule has 0 saturated carbocycles. The number of allylic oxidation sites excluding steroid dienone is 20. The van der Waals surface area contributed by atoms with Crippen molar-refractivity contribution in [3.05, 3.63) is 122 Å². The van der Waals surface area contributed by atoms with E-state index in [2.05, 4.69) is 142 Å². The highest BCUT2D eigenvalue weighted by Gasteiger charge is 2.19. The van der Waals surface area contributed by atoms with E-state index in [4.69, 9.17) is 14.2 Å². The van der Waals surface area contributed by atoms with Crippen LogP contribution in [-0.4, -0.2) is 37.2 Å². The van der Waals surface area contributed by atoms with Crippen LogP contribution in [0.4, 0.5) is 0 Å². The van der Waals surface area contributed by atoms with Crippen LogP contribution in [0, 0.1) is 0 Å². The van der Waals surface area contributed by atoms with Gasteiger partial charge in [-0.15, -0.1) is 0 Å². The van der Waals surface area contributed by atoms with Gasteiger partial charge in [0.1, 0.15) is 13.2 Å². The first-order chi connectivity index (χ1) is 35.0. The lowest BCUT2D eigenvalue weighted by Gasteiger charge is -2.18. The first-order valence-electron chi connectivity index (χ1n) is 29.0. The van der Waals surface area contributed by atoms with E-state index < -0.39 is 6.10 Å². The van der Waals surface area contributed by atoms with E-state index in [0.717, 1.165) is 161 Å². The highest BCUT2D eigenvalue weighted by atomic mass is 16.6. The molecule has 0 bridgehead atoms. The fraction of sp³-hybridized carbons (Fsp3) is 0.646. The molecule has 0 aliphatic rings. The third-order valence-electron chi connectivity index (χ3n) is 11.9. The van der Waals surface area contributed by atoms with Crippen LogP contribution in [0.25, 0.3) is 0 Å². The number of esters is 3. The van der Waals surface area contributed by atoms with Gasteiger partial charge in [-0.25, -0.2) is 0 Å². The molecule has 0 spiro atoms. The topological polar surface area (TPSA) is 78.9 Å². The second-order valence-electron chi connectivity index (χ2n) is 18.8. The molecule has 6 nitrogen and oxygen atoms in total. The van der Waals surface area contributed by atoms with Crippen molar-refractivity contribution in [3.63, 3.8) is 0 Å². The molecule has 1 atom stereocenters. The lowest BCUT2D eigenvalue weighted by Crippen LogP contribution is -2.30. The van der Waals surface area contributed by atoms with Crippen molar-refractivity contribution in [1.29, 1.82) is 0 Å². The predicted octanol–water partition coefficient (Wildman–Crippen LogP) is 19.6. The van der Waals surface area contributed by atoms with Crippen LogP contribution in [0.3, 0.4) is 0 Å². The van der Waals surface area contributed by atoms with Crippen molar-refractivity contribution in [2.75, 3.05) is 13.2 Å². The summed E-state index contributed by atoms with van der Waals surface area (Å²) in [5, 5.41) is 0. The molecular weight excluding hydrogens is 877 g/mol. The minimum atomic E-state index is -0.802. The molecule has 0 N–H and O–H groups in total. The van der Waals surface area contributed by atoms with Crippen molar-refractivity contribution >= 4 is 17.9 Å². The summed E-state index contributed by atoms with van der Waals surface area (Å²) in [4.78, 5) is 38.2. The highest BCUT2D eigenvalue weighted by Crippen LogP contribution is 2.14. The summed E-state index contributed by atoms with van der Waals surface area (Å²) in [5.74, 6) is -0.943. The molecular formula is C65H106O6. The van der Waals surface area contributed by atoms with Crippen LogP contribution >= 0.6 is 0 Å². The Morgan fingerprint density at radius 3 is 0.859 bits per heavy atom. The molecule has 0 fully saturated rings. The van der Waals surface area contributed by atoms with E-state index >= 15 is 0 Å². The van der Waals surface area contributed by atoms with Gasteiger partial charge in [0.2, 0.25) is 0 Å². The quantitative estimate of drug-likeness (QED) is 0.0261. The molecule has 0 aliphatic carbocycles. The Bertz CT molecular complexity index is 1500. The second kappa shape index (κ2) is 58.4. The Morgan fingerprint density at radius 1 is 0.296 bits per heavy atom. The molecule has 0 saturated heterocycles. The summed E-state index contributed by atoms with van der Waals surface area (Å²) in [7, 11) is 0. The second-order valence-corrected chi connectivity index (χ2v) is 18.8. The van der Waals surface area contributed by atoms with E-state index in [1.165, 1.54) is 51.4 Å². The minimum Gasteiger partial charge on any atom is -0.462 e. The van der Waals surface area contributed by atoms with Crippen LogP contribution in [-0.2, 0) is 28.6 Å². The van der Waals surface area contributed by atoms with Crippen LogP contribution in [0.5, 0.6) is 0 Å². The average Bonchev–Trinajstić information content (AvgIpc) is 3.37. The number of carbonyl (C=O) groups excluding carboxylic acids is 3. The van der Waals surface area contributed by atoms with Crippen molar-refractivity contribution in [1.82, 2.24) is 0 Å². The largest absolute Gasteiger partial charge is 0.462 e. The van der Waals surface area contributed by atoms with Crippen molar-refractivity contribution in [2.24, 2.45) is 0 Å². The SMILES string of the molecule is CC/C=C\C/C=C\C/C=C\C/C=C\C/C=C\CCCCCCCC(=O)OCC(COC(=O)CCCCCCC/C=C\C/C=C\C/C=C\CC)OC(=O)CCCCCCCCC/C=C\C/C=C\CCCCC. The first kappa shape index (κ1) is 66.8. The smallest absolute Gasteiger partial charge is 0.306 e. The van der Waals surface area contributed by atoms with E-state index in [1.54, 1.807) is 0 Å². The fourth-order valence-electron chi connectivity index (χ4n) is 7.63. The highest BCUT2D eigenvalue weighted by molar-refractivity contribution is 5.71. The molecule has 0 aromatic rings. The van der Waals surface area contributed by atoms with Crippen molar-refractivity contribution in [2.45, 2.75) is 258 Å². The lowest BCUT2D eigenvalue weighted by atomic mass is 10.1. The maximum atomic E-state index is 12.9. The third-order valence-corrected chi connectivity index (χ3v) is 11.9. The van der Waals surface area contributed by atoms with Crippen LogP contribution in [0.1, 0.15) is 252 Å². The fourth-order valence-corrected chi connectivity index (χ4v) is 7.63. The standard InChI is InChI=1S/C65H106O6/c1-4-7-10-13-16-19-22-25-28-30-31-32-33-35-37-40-43-46-49-52-55-58-64(67)70-61-62(60-69-63(66)57-54-51-48-45-42-39-36-27-24-21-18-15-12-9-6-3)71-65(68)59-56-53-50-47-44-41-38-34-29-26-23-20-17-14-11-8-5-2/h7,9-10,12,16-21,25-29,31-32,35-37,62H,4-6,8,11,13-15,22-24,30,33-34,38-61H2,1-3H3/b10-7-,12-9-,19-16-,20-17-,21-18-,28-25-,29-26-,32-31-,36-27-,37-35-. The molecule has 402 valence electrons. The van der Waals surface area contributed by atoms with Gasteiger partial charge in [0.25, 0.3) is 0 Å². The summed E-state index contributed by atoms with van der Waals surface area (Å²) in [6.45, 7) is 6.35. The van der Waals surface area contributed by atoms with E-state index in [-0.39, 0.29) is 31.1 Å². The molecule has 1 unspecified atom stereocenters. The summed E-state index contributed by atoms with van der Waals surface area (Å²) in [5.41, 5.74) is 0. The Labute approximate surface area is 437 Å². The van der Waals surface area contributed by atoms with Crippen molar-refractivity contribution in [3.8, 4) is 0 Å². The molecule has 0 rings (SSSR count). The van der Waals surface area contributed by atoms with Crippen LogP contribution in [0.2, 0.25) is 0 Å². The van der Waals surface area contributed by atoms with Gasteiger partial charge in [-0.1, -0.05) is 226 Å². The molecule has 6 heteroatoms.